The molecule has 0 radical (unpaired) electrons. The van der Waals surface area contributed by atoms with Crippen LogP contribution in [-0.2, 0) is 9.59 Å². The molecule has 0 aromatic heterocycles. The standard InChI is InChI=1S/C15H27N3O2/c1-10(2)15(11(3)4)18-12(9-14(20)16(18)5)17-8-6-7-13(17)19/h10-12,15H,6-9H2,1-5H3/p+1. The summed E-state index contributed by atoms with van der Waals surface area (Å²) in [6.07, 6.45) is 2.02. The molecule has 20 heavy (non-hydrogen) atoms. The van der Waals surface area contributed by atoms with Crippen LogP contribution in [0.4, 0.5) is 0 Å². The van der Waals surface area contributed by atoms with Gasteiger partial charge in [-0.05, 0) is 6.42 Å². The van der Waals surface area contributed by atoms with Gasteiger partial charge in [0, 0.05) is 24.8 Å². The van der Waals surface area contributed by atoms with E-state index in [0.717, 1.165) is 18.0 Å². The molecule has 2 unspecified atom stereocenters. The van der Waals surface area contributed by atoms with Crippen LogP contribution < -0.4 is 5.01 Å². The van der Waals surface area contributed by atoms with E-state index in [1.54, 1.807) is 0 Å². The Morgan fingerprint density at radius 3 is 2.15 bits per heavy atom. The summed E-state index contributed by atoms with van der Waals surface area (Å²) in [5.74, 6) is 1.30. The number of carbonyl (C=O) groups excluding carboxylic acids is 2. The fraction of sp³-hybridized carbons (Fsp3) is 0.867. The van der Waals surface area contributed by atoms with Gasteiger partial charge in [0.05, 0.1) is 7.05 Å². The normalized spacial score (nSPS) is 27.8. The molecule has 5 nitrogen and oxygen atoms in total. The van der Waals surface area contributed by atoms with Crippen LogP contribution in [0.3, 0.4) is 0 Å². The van der Waals surface area contributed by atoms with Crippen LogP contribution in [0.1, 0.15) is 47.0 Å². The van der Waals surface area contributed by atoms with Gasteiger partial charge in [-0.3, -0.25) is 14.5 Å². The summed E-state index contributed by atoms with van der Waals surface area (Å²) in [5, 5.41) is 2.98. The van der Waals surface area contributed by atoms with Crippen molar-refractivity contribution < 1.29 is 14.6 Å². The highest BCUT2D eigenvalue weighted by Gasteiger charge is 2.50. The first-order valence-corrected chi connectivity index (χ1v) is 7.77. The van der Waals surface area contributed by atoms with Crippen molar-refractivity contribution in [3.63, 3.8) is 0 Å². The van der Waals surface area contributed by atoms with Crippen molar-refractivity contribution in [2.24, 2.45) is 11.8 Å². The number of quaternary nitrogens is 1. The van der Waals surface area contributed by atoms with Gasteiger partial charge in [-0.25, -0.2) is 5.01 Å². The third-order valence-corrected chi connectivity index (χ3v) is 4.73. The summed E-state index contributed by atoms with van der Waals surface area (Å²) in [6.45, 7) is 9.62. The molecule has 0 saturated carbocycles. The number of nitrogens with one attached hydrogen (secondary N) is 1. The van der Waals surface area contributed by atoms with E-state index < -0.39 is 0 Å². The van der Waals surface area contributed by atoms with Gasteiger partial charge in [-0.15, -0.1) is 0 Å². The topological polar surface area (TPSA) is 45.1 Å². The highest BCUT2D eigenvalue weighted by molar-refractivity contribution is 5.81. The molecule has 114 valence electrons. The van der Waals surface area contributed by atoms with Crippen molar-refractivity contribution in [2.45, 2.75) is 59.2 Å². The van der Waals surface area contributed by atoms with Gasteiger partial charge in [0.2, 0.25) is 5.91 Å². The number of hydrogen-bond acceptors (Lipinski definition) is 2. The third-order valence-electron chi connectivity index (χ3n) is 4.73. The molecular formula is C15H28N3O2+. The highest BCUT2D eigenvalue weighted by atomic mass is 16.2. The smallest absolute Gasteiger partial charge is 0.275 e. The number of rotatable bonds is 4. The molecule has 0 aromatic rings. The minimum atomic E-state index is -0.00250. The van der Waals surface area contributed by atoms with Crippen LogP contribution >= 0.6 is 0 Å². The molecule has 0 spiro atoms. The Labute approximate surface area is 121 Å². The Balaban J connectivity index is 2.29. The average Bonchev–Trinajstić information content (AvgIpc) is 2.87. The van der Waals surface area contributed by atoms with Crippen LogP contribution in [0.15, 0.2) is 0 Å². The maximum absolute atomic E-state index is 12.2. The molecule has 2 rings (SSSR count). The average molecular weight is 282 g/mol. The summed E-state index contributed by atoms with van der Waals surface area (Å²) >= 11 is 0. The second-order valence-electron chi connectivity index (χ2n) is 6.80. The van der Waals surface area contributed by atoms with Gasteiger partial charge in [-0.2, -0.15) is 5.01 Å². The van der Waals surface area contributed by atoms with E-state index in [0.29, 0.717) is 30.7 Å². The monoisotopic (exact) mass is 282 g/mol. The van der Waals surface area contributed by atoms with E-state index in [1.807, 2.05) is 17.0 Å². The molecule has 2 atom stereocenters. The second-order valence-corrected chi connectivity index (χ2v) is 6.80. The number of hydrogen-bond donors (Lipinski definition) is 1. The Kier molecular flexibility index (Phi) is 4.37. The van der Waals surface area contributed by atoms with E-state index in [9.17, 15) is 9.59 Å². The van der Waals surface area contributed by atoms with Crippen molar-refractivity contribution in [2.75, 3.05) is 13.6 Å². The first-order chi connectivity index (χ1) is 9.34. The van der Waals surface area contributed by atoms with Crippen LogP contribution in [0.25, 0.3) is 0 Å². The molecule has 2 fully saturated rings. The molecule has 2 aliphatic heterocycles. The Bertz CT molecular complexity index is 387. The lowest BCUT2D eigenvalue weighted by Gasteiger charge is -2.39. The molecule has 2 saturated heterocycles. The Morgan fingerprint density at radius 1 is 1.10 bits per heavy atom. The Hall–Kier alpha value is -1.10. The zero-order chi connectivity index (χ0) is 15.0. The van der Waals surface area contributed by atoms with Gasteiger partial charge < -0.3 is 0 Å². The lowest BCUT2D eigenvalue weighted by Crippen LogP contribution is -3.24. The summed E-state index contributed by atoms with van der Waals surface area (Å²) in [7, 11) is 1.87. The molecule has 2 aliphatic rings. The number of nitrogens with zero attached hydrogens (tertiary/aromatic N) is 2. The zero-order valence-corrected chi connectivity index (χ0v) is 13.3. The predicted octanol–water partition coefficient (Wildman–Crippen LogP) is 0.278. The van der Waals surface area contributed by atoms with Crippen molar-refractivity contribution >= 4 is 11.8 Å². The summed E-state index contributed by atoms with van der Waals surface area (Å²) in [6, 6.07) is 0.352. The fourth-order valence-corrected chi connectivity index (χ4v) is 3.94. The minimum absolute atomic E-state index is 0.00250. The second kappa shape index (κ2) is 5.72. The molecule has 0 bridgehead atoms. The van der Waals surface area contributed by atoms with Crippen molar-refractivity contribution in [3.8, 4) is 0 Å². The summed E-state index contributed by atoms with van der Waals surface area (Å²) in [5.41, 5.74) is 0. The van der Waals surface area contributed by atoms with E-state index in [-0.39, 0.29) is 18.0 Å². The van der Waals surface area contributed by atoms with Crippen molar-refractivity contribution in [1.29, 1.82) is 0 Å². The van der Waals surface area contributed by atoms with Gasteiger partial charge in [0.1, 0.15) is 12.5 Å². The highest BCUT2D eigenvalue weighted by Crippen LogP contribution is 2.19. The molecule has 2 amide bonds. The van der Waals surface area contributed by atoms with Crippen molar-refractivity contribution in [3.05, 3.63) is 0 Å². The number of likely N-dealkylation sites (tertiary alicyclic amines) is 1. The van der Waals surface area contributed by atoms with E-state index in [2.05, 4.69) is 27.7 Å². The zero-order valence-electron chi connectivity index (χ0n) is 13.3. The van der Waals surface area contributed by atoms with E-state index >= 15 is 0 Å². The van der Waals surface area contributed by atoms with Gasteiger partial charge in [0.15, 0.2) is 6.17 Å². The minimum Gasteiger partial charge on any atom is -0.291 e. The maximum Gasteiger partial charge on any atom is 0.275 e. The molecule has 0 aliphatic carbocycles. The van der Waals surface area contributed by atoms with Crippen LogP contribution in [-0.4, -0.2) is 47.5 Å². The predicted molar refractivity (Wildman–Crippen MR) is 76.5 cm³/mol. The lowest BCUT2D eigenvalue weighted by molar-refractivity contribution is -1.05. The quantitative estimate of drug-likeness (QED) is 0.805. The number of carbonyl (C=O) groups is 2. The molecule has 5 heteroatoms. The van der Waals surface area contributed by atoms with Gasteiger partial charge in [-0.1, -0.05) is 27.7 Å². The van der Waals surface area contributed by atoms with E-state index in [1.165, 1.54) is 0 Å². The largest absolute Gasteiger partial charge is 0.291 e. The van der Waals surface area contributed by atoms with Gasteiger partial charge in [0.25, 0.3) is 5.91 Å². The number of amides is 2. The lowest BCUT2D eigenvalue weighted by atomic mass is 9.92. The maximum atomic E-state index is 12.2. The van der Waals surface area contributed by atoms with Gasteiger partial charge >= 0.3 is 0 Å². The van der Waals surface area contributed by atoms with Crippen LogP contribution in [0, 0.1) is 11.8 Å². The first-order valence-electron chi connectivity index (χ1n) is 7.77. The SMILES string of the molecule is CC(C)C(C(C)C)[NH+]1C(N2CCCC2=O)CC(=O)N1C. The summed E-state index contributed by atoms with van der Waals surface area (Å²) < 4.78 is 0. The molecule has 0 aromatic carbocycles. The molecule has 1 N–H and O–H groups in total. The molecule has 2 heterocycles. The van der Waals surface area contributed by atoms with Crippen LogP contribution in [0.5, 0.6) is 0 Å². The molecular weight excluding hydrogens is 254 g/mol. The summed E-state index contributed by atoms with van der Waals surface area (Å²) in [4.78, 5) is 26.2. The first kappa shape index (κ1) is 15.3. The fourth-order valence-electron chi connectivity index (χ4n) is 3.94. The third kappa shape index (κ3) is 2.55. The Morgan fingerprint density at radius 2 is 1.70 bits per heavy atom. The van der Waals surface area contributed by atoms with E-state index in [4.69, 9.17) is 0 Å². The van der Waals surface area contributed by atoms with Crippen LogP contribution in [0.2, 0.25) is 0 Å². The van der Waals surface area contributed by atoms with Crippen molar-refractivity contribution in [1.82, 2.24) is 9.91 Å².